The number of amides is 2. The van der Waals surface area contributed by atoms with Gasteiger partial charge in [0.05, 0.1) is 11.9 Å². The lowest BCUT2D eigenvalue weighted by Crippen LogP contribution is -2.20. The number of pyridine rings is 1. The van der Waals surface area contributed by atoms with Crippen molar-refractivity contribution in [1.82, 2.24) is 14.9 Å². The van der Waals surface area contributed by atoms with E-state index in [1.165, 1.54) is 5.56 Å². The van der Waals surface area contributed by atoms with Gasteiger partial charge in [0, 0.05) is 49.1 Å². The third-order valence-corrected chi connectivity index (χ3v) is 4.70. The second kappa shape index (κ2) is 8.58. The van der Waals surface area contributed by atoms with Crippen molar-refractivity contribution in [2.75, 3.05) is 10.6 Å². The Bertz CT molecular complexity index is 1120. The average molecular weight is 385 g/mol. The van der Waals surface area contributed by atoms with Gasteiger partial charge in [-0.3, -0.25) is 4.98 Å². The highest BCUT2D eigenvalue weighted by molar-refractivity contribution is 6.01. The SMILES string of the molecule is Cn1ccc2cc(NC(=O)Nc3cncc(CNCc4ccccc4)c3)ccc21. The minimum absolute atomic E-state index is 0.295. The Balaban J connectivity index is 1.33. The number of hydrogen-bond donors (Lipinski definition) is 3. The van der Waals surface area contributed by atoms with E-state index in [-0.39, 0.29) is 6.03 Å². The molecule has 0 radical (unpaired) electrons. The lowest BCUT2D eigenvalue weighted by Gasteiger charge is -2.10. The van der Waals surface area contributed by atoms with E-state index in [4.69, 9.17) is 0 Å². The third kappa shape index (κ3) is 4.80. The van der Waals surface area contributed by atoms with Gasteiger partial charge < -0.3 is 20.5 Å². The highest BCUT2D eigenvalue weighted by Gasteiger charge is 2.06. The van der Waals surface area contributed by atoms with Crippen LogP contribution in [0.15, 0.2) is 79.3 Å². The van der Waals surface area contributed by atoms with Gasteiger partial charge in [0.15, 0.2) is 0 Å². The predicted octanol–water partition coefficient (Wildman–Crippen LogP) is 4.51. The van der Waals surface area contributed by atoms with Crippen molar-refractivity contribution in [3.63, 3.8) is 0 Å². The number of nitrogens with zero attached hydrogens (tertiary/aromatic N) is 2. The van der Waals surface area contributed by atoms with Gasteiger partial charge in [0.2, 0.25) is 0 Å². The number of nitrogens with one attached hydrogen (secondary N) is 3. The molecule has 2 aromatic carbocycles. The fourth-order valence-corrected chi connectivity index (χ4v) is 3.25. The first-order chi connectivity index (χ1) is 14.2. The zero-order valence-electron chi connectivity index (χ0n) is 16.2. The molecule has 2 heterocycles. The largest absolute Gasteiger partial charge is 0.351 e. The van der Waals surface area contributed by atoms with Gasteiger partial charge in [0.1, 0.15) is 0 Å². The Kier molecular flexibility index (Phi) is 5.54. The summed E-state index contributed by atoms with van der Waals surface area (Å²) in [6.45, 7) is 1.45. The highest BCUT2D eigenvalue weighted by Crippen LogP contribution is 2.20. The maximum absolute atomic E-state index is 12.4. The zero-order chi connectivity index (χ0) is 20.1. The molecule has 0 unspecified atom stereocenters. The lowest BCUT2D eigenvalue weighted by molar-refractivity contribution is 0.262. The van der Waals surface area contributed by atoms with E-state index in [1.807, 2.05) is 66.3 Å². The van der Waals surface area contributed by atoms with Gasteiger partial charge in [-0.25, -0.2) is 4.79 Å². The Morgan fingerprint density at radius 3 is 2.55 bits per heavy atom. The summed E-state index contributed by atoms with van der Waals surface area (Å²) in [5, 5.41) is 10.2. The zero-order valence-corrected chi connectivity index (χ0v) is 16.2. The molecule has 29 heavy (non-hydrogen) atoms. The number of anilines is 2. The molecule has 0 spiro atoms. The fraction of sp³-hybridized carbons (Fsp3) is 0.130. The molecule has 0 aliphatic heterocycles. The van der Waals surface area contributed by atoms with Gasteiger partial charge in [-0.2, -0.15) is 0 Å². The normalized spacial score (nSPS) is 10.8. The number of urea groups is 1. The van der Waals surface area contributed by atoms with Gasteiger partial charge in [0.25, 0.3) is 0 Å². The van der Waals surface area contributed by atoms with Crippen molar-refractivity contribution >= 4 is 28.3 Å². The molecule has 0 aliphatic carbocycles. The Morgan fingerprint density at radius 2 is 1.69 bits per heavy atom. The Morgan fingerprint density at radius 1 is 0.897 bits per heavy atom. The molecule has 4 rings (SSSR count). The smallest absolute Gasteiger partial charge is 0.323 e. The number of fused-ring (bicyclic) bond motifs is 1. The van der Waals surface area contributed by atoms with E-state index in [0.717, 1.165) is 28.7 Å². The molecule has 2 amide bonds. The van der Waals surface area contributed by atoms with Gasteiger partial charge >= 0.3 is 6.03 Å². The minimum Gasteiger partial charge on any atom is -0.351 e. The van der Waals surface area contributed by atoms with E-state index in [1.54, 1.807) is 12.4 Å². The molecular weight excluding hydrogens is 362 g/mol. The van der Waals surface area contributed by atoms with Crippen LogP contribution in [0, 0.1) is 0 Å². The molecule has 0 saturated heterocycles. The van der Waals surface area contributed by atoms with Crippen molar-refractivity contribution < 1.29 is 4.79 Å². The van der Waals surface area contributed by atoms with Crippen LogP contribution in [0.1, 0.15) is 11.1 Å². The molecule has 0 bridgehead atoms. The maximum Gasteiger partial charge on any atom is 0.323 e. The van der Waals surface area contributed by atoms with Crippen molar-refractivity contribution in [1.29, 1.82) is 0 Å². The van der Waals surface area contributed by atoms with Crippen LogP contribution in [0.3, 0.4) is 0 Å². The molecule has 6 heteroatoms. The van der Waals surface area contributed by atoms with Crippen molar-refractivity contribution in [3.8, 4) is 0 Å². The van der Waals surface area contributed by atoms with Gasteiger partial charge in [-0.15, -0.1) is 0 Å². The summed E-state index contributed by atoms with van der Waals surface area (Å²) in [5.41, 5.74) is 4.75. The van der Waals surface area contributed by atoms with Gasteiger partial charge in [-0.1, -0.05) is 30.3 Å². The number of carbonyl (C=O) groups is 1. The number of aromatic nitrogens is 2. The molecular formula is C23H23N5O. The van der Waals surface area contributed by atoms with Crippen LogP contribution in [0.4, 0.5) is 16.2 Å². The second-order valence-electron chi connectivity index (χ2n) is 6.95. The first-order valence-electron chi connectivity index (χ1n) is 9.49. The fourth-order valence-electron chi connectivity index (χ4n) is 3.25. The van der Waals surface area contributed by atoms with Crippen molar-refractivity contribution in [2.24, 2.45) is 7.05 Å². The summed E-state index contributed by atoms with van der Waals surface area (Å²) in [7, 11) is 2.00. The summed E-state index contributed by atoms with van der Waals surface area (Å²) in [6.07, 6.45) is 5.43. The Hall–Kier alpha value is -3.64. The van der Waals surface area contributed by atoms with E-state index in [2.05, 4.69) is 33.1 Å². The molecule has 6 nitrogen and oxygen atoms in total. The summed E-state index contributed by atoms with van der Waals surface area (Å²) in [4.78, 5) is 16.6. The van der Waals surface area contributed by atoms with Crippen LogP contribution in [-0.4, -0.2) is 15.6 Å². The van der Waals surface area contributed by atoms with Crippen LogP contribution in [0.5, 0.6) is 0 Å². The summed E-state index contributed by atoms with van der Waals surface area (Å²) >= 11 is 0. The number of carbonyl (C=O) groups excluding carboxylic acids is 1. The topological polar surface area (TPSA) is 71.0 Å². The summed E-state index contributed by atoms with van der Waals surface area (Å²) in [5.74, 6) is 0. The quantitative estimate of drug-likeness (QED) is 0.457. The standard InChI is InChI=1S/C23H23N5O/c1-28-10-9-19-12-20(7-8-22(19)28)26-23(29)27-21-11-18(15-25-16-21)14-24-13-17-5-3-2-4-6-17/h2-12,15-16,24H,13-14H2,1H3,(H2,26,27,29). The number of benzene rings is 2. The molecule has 0 saturated carbocycles. The maximum atomic E-state index is 12.4. The lowest BCUT2D eigenvalue weighted by atomic mass is 10.2. The predicted molar refractivity (Wildman–Crippen MR) is 117 cm³/mol. The van der Waals surface area contributed by atoms with Crippen molar-refractivity contribution in [3.05, 3.63) is 90.4 Å². The number of rotatable bonds is 6. The summed E-state index contributed by atoms with van der Waals surface area (Å²) in [6, 6.07) is 19.7. The Labute approximate surface area is 169 Å². The third-order valence-electron chi connectivity index (χ3n) is 4.70. The van der Waals surface area contributed by atoms with E-state index in [0.29, 0.717) is 12.2 Å². The van der Waals surface area contributed by atoms with Crippen LogP contribution in [-0.2, 0) is 20.1 Å². The number of aryl methyl sites for hydroxylation is 1. The van der Waals surface area contributed by atoms with Crippen LogP contribution in [0.25, 0.3) is 10.9 Å². The number of hydrogen-bond acceptors (Lipinski definition) is 3. The monoisotopic (exact) mass is 385 g/mol. The minimum atomic E-state index is -0.295. The highest BCUT2D eigenvalue weighted by atomic mass is 16.2. The van der Waals surface area contributed by atoms with E-state index >= 15 is 0 Å². The molecule has 2 aromatic heterocycles. The average Bonchev–Trinajstić information content (AvgIpc) is 3.09. The molecule has 3 N–H and O–H groups in total. The first-order valence-corrected chi connectivity index (χ1v) is 9.49. The second-order valence-corrected chi connectivity index (χ2v) is 6.95. The molecule has 0 fully saturated rings. The molecule has 0 atom stereocenters. The molecule has 4 aromatic rings. The van der Waals surface area contributed by atoms with Crippen molar-refractivity contribution in [2.45, 2.75) is 13.1 Å². The molecule has 146 valence electrons. The van der Waals surface area contributed by atoms with Crippen LogP contribution >= 0.6 is 0 Å². The summed E-state index contributed by atoms with van der Waals surface area (Å²) < 4.78 is 2.04. The van der Waals surface area contributed by atoms with E-state index in [9.17, 15) is 4.79 Å². The van der Waals surface area contributed by atoms with Gasteiger partial charge in [-0.05, 0) is 41.5 Å². The van der Waals surface area contributed by atoms with Crippen LogP contribution in [0.2, 0.25) is 0 Å². The van der Waals surface area contributed by atoms with E-state index < -0.39 is 0 Å². The molecule has 0 aliphatic rings. The first kappa shape index (κ1) is 18.7. The van der Waals surface area contributed by atoms with Crippen LogP contribution < -0.4 is 16.0 Å².